The quantitative estimate of drug-likeness (QED) is 0.853. The largest absolute Gasteiger partial charge is 0.494 e. The van der Waals surface area contributed by atoms with E-state index in [2.05, 4.69) is 0 Å². The lowest BCUT2D eigenvalue weighted by atomic mass is 10.3. The number of aliphatic carboxylic acids is 1. The number of ether oxygens (including phenoxy) is 2. The molecule has 8 heteroatoms. The molecule has 0 bridgehead atoms. The van der Waals surface area contributed by atoms with Gasteiger partial charge in [-0.05, 0) is 19.1 Å². The topological polar surface area (TPSA) is 93.1 Å². The van der Waals surface area contributed by atoms with Gasteiger partial charge >= 0.3 is 5.97 Å². The second-order valence-corrected chi connectivity index (χ2v) is 6.41. The molecule has 1 aromatic rings. The summed E-state index contributed by atoms with van der Waals surface area (Å²) in [5.41, 5.74) is 0. The van der Waals surface area contributed by atoms with Gasteiger partial charge in [-0.1, -0.05) is 6.07 Å². The molecule has 0 spiro atoms. The van der Waals surface area contributed by atoms with Crippen molar-refractivity contribution in [1.29, 1.82) is 0 Å². The first kappa shape index (κ1) is 15.7. The molecule has 1 fully saturated rings. The third kappa shape index (κ3) is 3.52. The van der Waals surface area contributed by atoms with E-state index in [0.717, 1.165) is 4.31 Å². The van der Waals surface area contributed by atoms with Gasteiger partial charge in [-0.2, -0.15) is 4.31 Å². The van der Waals surface area contributed by atoms with Crippen LogP contribution in [0.15, 0.2) is 29.2 Å². The zero-order valence-corrected chi connectivity index (χ0v) is 12.4. The number of morpholine rings is 1. The average molecular weight is 315 g/mol. The van der Waals surface area contributed by atoms with E-state index < -0.39 is 22.1 Å². The summed E-state index contributed by atoms with van der Waals surface area (Å²) in [6, 6.07) is 6.15. The molecular weight excluding hydrogens is 298 g/mol. The van der Waals surface area contributed by atoms with Gasteiger partial charge in [0, 0.05) is 12.6 Å². The number of benzene rings is 1. The molecular formula is C13H17NO6S. The number of carbonyl (C=O) groups is 1. The van der Waals surface area contributed by atoms with E-state index in [9.17, 15) is 13.2 Å². The van der Waals surface area contributed by atoms with Crippen LogP contribution >= 0.6 is 0 Å². The van der Waals surface area contributed by atoms with Crippen molar-refractivity contribution in [3.8, 4) is 5.75 Å². The Balaban J connectivity index is 2.24. The van der Waals surface area contributed by atoms with Crippen LogP contribution in [-0.2, 0) is 19.6 Å². The van der Waals surface area contributed by atoms with E-state index in [1.54, 1.807) is 19.1 Å². The Kier molecular flexibility index (Phi) is 4.81. The smallest absolute Gasteiger partial charge is 0.334 e. The molecule has 1 heterocycles. The Labute approximate surface area is 123 Å². The normalized spacial score (nSPS) is 20.1. The highest BCUT2D eigenvalue weighted by Gasteiger charge is 2.34. The number of hydrogen-bond donors (Lipinski definition) is 1. The molecule has 1 aromatic carbocycles. The number of hydrogen-bond acceptors (Lipinski definition) is 5. The number of nitrogens with zero attached hydrogens (tertiary/aromatic N) is 1. The van der Waals surface area contributed by atoms with Gasteiger partial charge in [0.15, 0.2) is 6.10 Å². The molecule has 0 aromatic heterocycles. The summed E-state index contributed by atoms with van der Waals surface area (Å²) in [6.07, 6.45) is -1.14. The molecule has 116 valence electrons. The van der Waals surface area contributed by atoms with Gasteiger partial charge in [-0.25, -0.2) is 13.2 Å². The summed E-state index contributed by atoms with van der Waals surface area (Å²) in [5, 5.41) is 8.94. The molecule has 2 rings (SSSR count). The first-order chi connectivity index (χ1) is 9.95. The van der Waals surface area contributed by atoms with Crippen LogP contribution in [0.25, 0.3) is 0 Å². The lowest BCUT2D eigenvalue weighted by Crippen LogP contribution is -2.48. The first-order valence-corrected chi connectivity index (χ1v) is 7.96. The van der Waals surface area contributed by atoms with Crippen LogP contribution in [-0.4, -0.2) is 56.2 Å². The maximum Gasteiger partial charge on any atom is 0.334 e. The number of carboxylic acids is 1. The predicted octanol–water partition coefficient (Wildman–Crippen LogP) is 0.559. The van der Waals surface area contributed by atoms with Crippen LogP contribution in [0, 0.1) is 0 Å². The molecule has 0 saturated carbocycles. The minimum absolute atomic E-state index is 0.0569. The second-order valence-electron chi connectivity index (χ2n) is 4.47. The molecule has 21 heavy (non-hydrogen) atoms. The lowest BCUT2D eigenvalue weighted by Gasteiger charge is -2.30. The molecule has 1 atom stereocenters. The highest BCUT2D eigenvalue weighted by Crippen LogP contribution is 2.22. The molecule has 7 nitrogen and oxygen atoms in total. The highest BCUT2D eigenvalue weighted by molar-refractivity contribution is 7.89. The molecule has 1 unspecified atom stereocenters. The molecule has 0 radical (unpaired) electrons. The van der Waals surface area contributed by atoms with Crippen molar-refractivity contribution in [3.63, 3.8) is 0 Å². The summed E-state index contributed by atoms with van der Waals surface area (Å²) < 4.78 is 36.5. The number of sulfonamides is 1. The van der Waals surface area contributed by atoms with Crippen LogP contribution in [0.5, 0.6) is 5.75 Å². The molecule has 1 aliphatic rings. The van der Waals surface area contributed by atoms with Gasteiger partial charge in [0.25, 0.3) is 0 Å². The molecule has 1 aliphatic heterocycles. The minimum atomic E-state index is -3.76. The third-order valence-corrected chi connectivity index (χ3v) is 4.92. The Morgan fingerprint density at radius 1 is 1.52 bits per heavy atom. The van der Waals surface area contributed by atoms with Crippen molar-refractivity contribution < 1.29 is 27.8 Å². The average Bonchev–Trinajstić information content (AvgIpc) is 2.48. The van der Waals surface area contributed by atoms with E-state index >= 15 is 0 Å². The highest BCUT2D eigenvalue weighted by atomic mass is 32.2. The van der Waals surface area contributed by atoms with Crippen molar-refractivity contribution in [1.82, 2.24) is 4.31 Å². The van der Waals surface area contributed by atoms with Gasteiger partial charge < -0.3 is 14.6 Å². The van der Waals surface area contributed by atoms with Crippen LogP contribution in [0.3, 0.4) is 0 Å². The zero-order chi connectivity index (χ0) is 15.5. The summed E-state index contributed by atoms with van der Waals surface area (Å²) >= 11 is 0. The standard InChI is InChI=1S/C13H17NO6S/c1-2-19-10-4-3-5-11(8-10)21(17,18)14-6-7-20-12(9-14)13(15)16/h3-5,8,12H,2,6-7,9H2,1H3,(H,15,16). The second kappa shape index (κ2) is 6.42. The van der Waals surface area contributed by atoms with Gasteiger partial charge in [0.2, 0.25) is 10.0 Å². The lowest BCUT2D eigenvalue weighted by molar-refractivity contribution is -0.153. The minimum Gasteiger partial charge on any atom is -0.494 e. The van der Waals surface area contributed by atoms with E-state index in [4.69, 9.17) is 14.6 Å². The van der Waals surface area contributed by atoms with Crippen molar-refractivity contribution in [2.24, 2.45) is 0 Å². The molecule has 1 saturated heterocycles. The fourth-order valence-corrected chi connectivity index (χ4v) is 3.49. The summed E-state index contributed by atoms with van der Waals surface area (Å²) in [7, 11) is -3.76. The maximum absolute atomic E-state index is 12.5. The zero-order valence-electron chi connectivity index (χ0n) is 11.6. The van der Waals surface area contributed by atoms with Crippen molar-refractivity contribution in [2.45, 2.75) is 17.9 Å². The van der Waals surface area contributed by atoms with Crippen LogP contribution in [0.4, 0.5) is 0 Å². The summed E-state index contributed by atoms with van der Waals surface area (Å²) in [5.74, 6) is -0.709. The van der Waals surface area contributed by atoms with Crippen molar-refractivity contribution in [2.75, 3.05) is 26.3 Å². The van der Waals surface area contributed by atoms with Crippen LogP contribution < -0.4 is 4.74 Å². The Morgan fingerprint density at radius 2 is 2.29 bits per heavy atom. The van der Waals surface area contributed by atoms with Gasteiger partial charge in [-0.15, -0.1) is 0 Å². The van der Waals surface area contributed by atoms with Gasteiger partial charge in [0.05, 0.1) is 24.7 Å². The molecule has 1 N–H and O–H groups in total. The Morgan fingerprint density at radius 3 is 2.95 bits per heavy atom. The fourth-order valence-electron chi connectivity index (χ4n) is 2.03. The monoisotopic (exact) mass is 315 g/mol. The van der Waals surface area contributed by atoms with Crippen molar-refractivity contribution >= 4 is 16.0 Å². The Bertz CT molecular complexity index is 615. The summed E-state index contributed by atoms with van der Waals surface area (Å²) in [4.78, 5) is 11.0. The predicted molar refractivity (Wildman–Crippen MR) is 73.7 cm³/mol. The SMILES string of the molecule is CCOc1cccc(S(=O)(=O)N2CCOC(C(=O)O)C2)c1. The fraction of sp³-hybridized carbons (Fsp3) is 0.462. The maximum atomic E-state index is 12.5. The molecule has 0 amide bonds. The van der Waals surface area contributed by atoms with Crippen LogP contribution in [0.1, 0.15) is 6.92 Å². The number of rotatable bonds is 5. The molecule has 0 aliphatic carbocycles. The van der Waals surface area contributed by atoms with E-state index in [0.29, 0.717) is 12.4 Å². The number of carboxylic acid groups (broad SMARTS) is 1. The first-order valence-electron chi connectivity index (χ1n) is 6.52. The third-order valence-electron chi connectivity index (χ3n) is 3.06. The van der Waals surface area contributed by atoms with Crippen LogP contribution in [0.2, 0.25) is 0 Å². The van der Waals surface area contributed by atoms with Gasteiger partial charge in [0.1, 0.15) is 5.75 Å². The van der Waals surface area contributed by atoms with E-state index in [1.165, 1.54) is 12.1 Å². The van der Waals surface area contributed by atoms with Gasteiger partial charge in [-0.3, -0.25) is 0 Å². The van der Waals surface area contributed by atoms with E-state index in [1.807, 2.05) is 0 Å². The Hall–Kier alpha value is -1.64. The van der Waals surface area contributed by atoms with Crippen molar-refractivity contribution in [3.05, 3.63) is 24.3 Å². The summed E-state index contributed by atoms with van der Waals surface area (Å²) in [6.45, 7) is 2.23. The van der Waals surface area contributed by atoms with E-state index in [-0.39, 0.29) is 24.6 Å².